The molecule has 1 saturated carbocycles. The van der Waals surface area contributed by atoms with Crippen LogP contribution in [0, 0.1) is 17.5 Å². The lowest BCUT2D eigenvalue weighted by molar-refractivity contribution is 0.0661. The standard InChI is InChI=1S/C13H8F3NO3/c14-6-3-7(15)9(8(16)4-6)12-17-10(5-1-2-5)11(20-12)13(18)19/h3-5H,1-2H2,(H,18,19). The molecule has 3 rings (SSSR count). The summed E-state index contributed by atoms with van der Waals surface area (Å²) in [7, 11) is 0. The Kier molecular flexibility index (Phi) is 2.77. The van der Waals surface area contributed by atoms with Crippen molar-refractivity contribution in [2.75, 3.05) is 0 Å². The van der Waals surface area contributed by atoms with Crippen LogP contribution in [0.25, 0.3) is 11.5 Å². The second-order valence-electron chi connectivity index (χ2n) is 4.56. The maximum Gasteiger partial charge on any atom is 0.373 e. The zero-order valence-corrected chi connectivity index (χ0v) is 9.99. The average molecular weight is 283 g/mol. The molecule has 0 saturated heterocycles. The van der Waals surface area contributed by atoms with Gasteiger partial charge in [0.25, 0.3) is 0 Å². The minimum absolute atomic E-state index is 0.0647. The number of halogens is 3. The van der Waals surface area contributed by atoms with Crippen LogP contribution in [0.2, 0.25) is 0 Å². The first-order valence-electron chi connectivity index (χ1n) is 5.86. The Balaban J connectivity index is 2.16. The maximum atomic E-state index is 13.6. The molecule has 1 heterocycles. The quantitative estimate of drug-likeness (QED) is 0.938. The van der Waals surface area contributed by atoms with Crippen LogP contribution in [-0.2, 0) is 0 Å². The van der Waals surface area contributed by atoms with E-state index >= 15 is 0 Å². The van der Waals surface area contributed by atoms with Crippen molar-refractivity contribution in [1.29, 1.82) is 0 Å². The number of oxazole rings is 1. The molecule has 0 spiro atoms. The van der Waals surface area contributed by atoms with Crippen LogP contribution in [0.4, 0.5) is 13.2 Å². The van der Waals surface area contributed by atoms with Crippen LogP contribution in [0.15, 0.2) is 16.5 Å². The highest BCUT2D eigenvalue weighted by Gasteiger charge is 2.34. The van der Waals surface area contributed by atoms with Crippen molar-refractivity contribution in [2.24, 2.45) is 0 Å². The highest BCUT2D eigenvalue weighted by Crippen LogP contribution is 2.42. The zero-order valence-electron chi connectivity index (χ0n) is 9.99. The first kappa shape index (κ1) is 12.7. The molecule has 0 aliphatic heterocycles. The van der Waals surface area contributed by atoms with E-state index in [1.807, 2.05) is 0 Å². The third-order valence-corrected chi connectivity index (χ3v) is 3.03. The minimum atomic E-state index is -1.35. The average Bonchev–Trinajstić information content (AvgIpc) is 3.08. The van der Waals surface area contributed by atoms with E-state index in [9.17, 15) is 18.0 Å². The maximum absolute atomic E-state index is 13.6. The molecule has 0 unspecified atom stereocenters. The summed E-state index contributed by atoms with van der Waals surface area (Å²) in [5.74, 6) is -5.79. The summed E-state index contributed by atoms with van der Waals surface area (Å²) in [4.78, 5) is 14.9. The summed E-state index contributed by atoms with van der Waals surface area (Å²) in [6.45, 7) is 0. The Hall–Kier alpha value is -2.31. The van der Waals surface area contributed by atoms with Gasteiger partial charge in [0.1, 0.15) is 23.0 Å². The topological polar surface area (TPSA) is 63.3 Å². The van der Waals surface area contributed by atoms with Gasteiger partial charge in [-0.3, -0.25) is 0 Å². The normalized spacial score (nSPS) is 14.6. The number of nitrogens with zero attached hydrogens (tertiary/aromatic N) is 1. The van der Waals surface area contributed by atoms with Crippen LogP contribution in [0.3, 0.4) is 0 Å². The summed E-state index contributed by atoms with van der Waals surface area (Å²) >= 11 is 0. The molecule has 0 atom stereocenters. The lowest BCUT2D eigenvalue weighted by Crippen LogP contribution is -1.98. The lowest BCUT2D eigenvalue weighted by atomic mass is 10.2. The highest BCUT2D eigenvalue weighted by atomic mass is 19.1. The minimum Gasteiger partial charge on any atom is -0.475 e. The van der Waals surface area contributed by atoms with Gasteiger partial charge >= 0.3 is 5.97 Å². The number of carboxylic acids is 1. The van der Waals surface area contributed by atoms with E-state index in [2.05, 4.69) is 4.98 Å². The van der Waals surface area contributed by atoms with Gasteiger partial charge in [0.15, 0.2) is 0 Å². The number of hydrogen-bond donors (Lipinski definition) is 1. The highest BCUT2D eigenvalue weighted by molar-refractivity contribution is 5.86. The fraction of sp³-hybridized carbons (Fsp3) is 0.231. The Bertz CT molecular complexity index is 684. The molecular formula is C13H8F3NO3. The third kappa shape index (κ3) is 2.04. The van der Waals surface area contributed by atoms with E-state index < -0.39 is 40.6 Å². The molecule has 1 N–H and O–H groups in total. The number of carboxylic acid groups (broad SMARTS) is 1. The predicted octanol–water partition coefficient (Wildman–Crippen LogP) is 3.33. The van der Waals surface area contributed by atoms with E-state index in [0.29, 0.717) is 12.1 Å². The molecule has 0 amide bonds. The van der Waals surface area contributed by atoms with Gasteiger partial charge in [-0.15, -0.1) is 0 Å². The molecule has 104 valence electrons. The monoisotopic (exact) mass is 283 g/mol. The predicted molar refractivity (Wildman–Crippen MR) is 60.7 cm³/mol. The van der Waals surface area contributed by atoms with Gasteiger partial charge < -0.3 is 9.52 Å². The number of aromatic nitrogens is 1. The summed E-state index contributed by atoms with van der Waals surface area (Å²) in [6, 6.07) is 0.972. The van der Waals surface area contributed by atoms with Gasteiger partial charge in [0.05, 0.1) is 5.69 Å². The molecule has 0 radical (unpaired) electrons. The Labute approximate surface area is 110 Å². The second kappa shape index (κ2) is 4.36. The van der Waals surface area contributed by atoms with E-state index in [4.69, 9.17) is 9.52 Å². The number of rotatable bonds is 3. The zero-order chi connectivity index (χ0) is 14.4. The largest absolute Gasteiger partial charge is 0.475 e. The first-order chi connectivity index (χ1) is 9.47. The van der Waals surface area contributed by atoms with Gasteiger partial charge in [-0.1, -0.05) is 0 Å². The fourth-order valence-electron chi connectivity index (χ4n) is 1.97. The van der Waals surface area contributed by atoms with Gasteiger partial charge in [-0.2, -0.15) is 0 Å². The number of benzene rings is 1. The van der Waals surface area contributed by atoms with Gasteiger partial charge in [0.2, 0.25) is 11.7 Å². The molecule has 2 aromatic rings. The van der Waals surface area contributed by atoms with Crippen molar-refractivity contribution >= 4 is 5.97 Å². The summed E-state index contributed by atoms with van der Waals surface area (Å²) < 4.78 is 45.1. The van der Waals surface area contributed by atoms with Crippen LogP contribution in [0.1, 0.15) is 35.0 Å². The molecule has 1 fully saturated rings. The van der Waals surface area contributed by atoms with Crippen LogP contribution < -0.4 is 0 Å². The van der Waals surface area contributed by atoms with E-state index in [1.54, 1.807) is 0 Å². The smallest absolute Gasteiger partial charge is 0.373 e. The lowest BCUT2D eigenvalue weighted by Gasteiger charge is -2.00. The summed E-state index contributed by atoms with van der Waals surface area (Å²) in [5.41, 5.74) is -0.489. The second-order valence-corrected chi connectivity index (χ2v) is 4.56. The molecule has 4 nitrogen and oxygen atoms in total. The van der Waals surface area contributed by atoms with Crippen molar-refractivity contribution in [3.05, 3.63) is 41.0 Å². The molecule has 1 aliphatic rings. The van der Waals surface area contributed by atoms with Crippen molar-refractivity contribution in [3.8, 4) is 11.5 Å². The van der Waals surface area contributed by atoms with Crippen LogP contribution in [0.5, 0.6) is 0 Å². The SMILES string of the molecule is O=C(O)c1oc(-c2c(F)cc(F)cc2F)nc1C1CC1. The molecule has 1 aliphatic carbocycles. The van der Waals surface area contributed by atoms with Gasteiger partial charge in [0, 0.05) is 18.1 Å². The Morgan fingerprint density at radius 2 is 1.85 bits per heavy atom. The molecule has 0 bridgehead atoms. The number of hydrogen-bond acceptors (Lipinski definition) is 3. The third-order valence-electron chi connectivity index (χ3n) is 3.03. The number of aromatic carboxylic acids is 1. The molecule has 7 heteroatoms. The Morgan fingerprint density at radius 3 is 2.35 bits per heavy atom. The van der Waals surface area contributed by atoms with Crippen molar-refractivity contribution in [1.82, 2.24) is 4.98 Å². The Morgan fingerprint density at radius 1 is 1.25 bits per heavy atom. The van der Waals surface area contributed by atoms with Crippen LogP contribution in [-0.4, -0.2) is 16.1 Å². The fourth-order valence-corrected chi connectivity index (χ4v) is 1.97. The number of carbonyl (C=O) groups is 1. The van der Waals surface area contributed by atoms with E-state index in [1.165, 1.54) is 0 Å². The first-order valence-corrected chi connectivity index (χ1v) is 5.86. The molecule has 20 heavy (non-hydrogen) atoms. The summed E-state index contributed by atoms with van der Waals surface area (Å²) in [5, 5.41) is 9.00. The molecule has 1 aromatic carbocycles. The van der Waals surface area contributed by atoms with E-state index in [-0.39, 0.29) is 11.6 Å². The summed E-state index contributed by atoms with van der Waals surface area (Å²) in [6.07, 6.45) is 1.50. The van der Waals surface area contributed by atoms with Gasteiger partial charge in [-0.05, 0) is 12.8 Å². The van der Waals surface area contributed by atoms with Crippen molar-refractivity contribution < 1.29 is 27.5 Å². The van der Waals surface area contributed by atoms with Crippen molar-refractivity contribution in [2.45, 2.75) is 18.8 Å². The molecular weight excluding hydrogens is 275 g/mol. The van der Waals surface area contributed by atoms with Crippen LogP contribution >= 0.6 is 0 Å². The van der Waals surface area contributed by atoms with E-state index in [0.717, 1.165) is 12.8 Å². The molecule has 1 aromatic heterocycles. The van der Waals surface area contributed by atoms with Crippen molar-refractivity contribution in [3.63, 3.8) is 0 Å². The van der Waals surface area contributed by atoms with Gasteiger partial charge in [-0.25, -0.2) is 22.9 Å².